The van der Waals surface area contributed by atoms with E-state index in [1.807, 2.05) is 20.8 Å². The van der Waals surface area contributed by atoms with Crippen LogP contribution in [-0.4, -0.2) is 34.5 Å². The van der Waals surface area contributed by atoms with Gasteiger partial charge in [0, 0.05) is 17.5 Å². The second-order valence-corrected chi connectivity index (χ2v) is 7.17. The molecule has 2 atom stereocenters. The lowest BCUT2D eigenvalue weighted by Crippen LogP contribution is -2.47. The number of hydrogen-bond acceptors (Lipinski definition) is 4. The topological polar surface area (TPSA) is 86.9 Å². The van der Waals surface area contributed by atoms with E-state index in [1.54, 1.807) is 6.92 Å². The fraction of sp³-hybridized carbons (Fsp3) is 0.688. The lowest BCUT2D eigenvalue weighted by atomic mass is 9.95. The Kier molecular flexibility index (Phi) is 4.70. The van der Waals surface area contributed by atoms with Gasteiger partial charge in [-0.15, -0.1) is 0 Å². The van der Waals surface area contributed by atoms with E-state index in [4.69, 9.17) is 0 Å². The molecular formula is C16H26N4O2. The summed E-state index contributed by atoms with van der Waals surface area (Å²) >= 11 is 0. The quantitative estimate of drug-likeness (QED) is 0.767. The molecule has 22 heavy (non-hydrogen) atoms. The van der Waals surface area contributed by atoms with Crippen molar-refractivity contribution in [1.29, 1.82) is 0 Å². The number of nitrogens with one attached hydrogen (secondary N) is 3. The summed E-state index contributed by atoms with van der Waals surface area (Å²) in [6.07, 6.45) is 1.75. The maximum atomic E-state index is 12.4. The maximum Gasteiger partial charge on any atom is 0.264 e. The lowest BCUT2D eigenvalue weighted by Gasteiger charge is -2.28. The minimum Gasteiger partial charge on any atom is -0.349 e. The van der Waals surface area contributed by atoms with Gasteiger partial charge in [-0.25, -0.2) is 4.98 Å². The van der Waals surface area contributed by atoms with Crippen LogP contribution in [0.2, 0.25) is 0 Å². The maximum absolute atomic E-state index is 12.4. The number of aromatic nitrogens is 2. The van der Waals surface area contributed by atoms with Crippen LogP contribution in [0.1, 0.15) is 62.4 Å². The number of H-pyrrole nitrogens is 1. The van der Waals surface area contributed by atoms with Crippen molar-refractivity contribution in [1.82, 2.24) is 20.6 Å². The molecule has 0 bridgehead atoms. The van der Waals surface area contributed by atoms with E-state index in [9.17, 15) is 9.59 Å². The summed E-state index contributed by atoms with van der Waals surface area (Å²) in [6.45, 7) is 10.6. The fourth-order valence-electron chi connectivity index (χ4n) is 2.73. The van der Waals surface area contributed by atoms with Crippen molar-refractivity contribution in [2.75, 3.05) is 6.54 Å². The molecule has 3 N–H and O–H groups in total. The molecule has 1 aromatic heterocycles. The molecule has 0 spiro atoms. The second-order valence-electron chi connectivity index (χ2n) is 7.17. The molecule has 2 heterocycles. The average molecular weight is 306 g/mol. The van der Waals surface area contributed by atoms with Crippen molar-refractivity contribution in [2.24, 2.45) is 0 Å². The molecule has 2 unspecified atom stereocenters. The highest BCUT2D eigenvalue weighted by Gasteiger charge is 2.25. The number of aromatic amines is 1. The van der Waals surface area contributed by atoms with E-state index < -0.39 is 0 Å². The first kappa shape index (κ1) is 16.7. The molecule has 1 amide bonds. The first-order valence-corrected chi connectivity index (χ1v) is 7.84. The van der Waals surface area contributed by atoms with Crippen LogP contribution in [0.4, 0.5) is 0 Å². The summed E-state index contributed by atoms with van der Waals surface area (Å²) in [5, 5.41) is 6.31. The van der Waals surface area contributed by atoms with E-state index in [0.717, 1.165) is 19.4 Å². The Hall–Kier alpha value is -1.69. The Bertz CT molecular complexity index is 616. The molecule has 0 aromatic carbocycles. The Morgan fingerprint density at radius 1 is 1.36 bits per heavy atom. The molecule has 0 radical (unpaired) electrons. The summed E-state index contributed by atoms with van der Waals surface area (Å²) < 4.78 is 0. The van der Waals surface area contributed by atoms with Crippen LogP contribution < -0.4 is 16.2 Å². The van der Waals surface area contributed by atoms with Gasteiger partial charge in [-0.3, -0.25) is 9.59 Å². The van der Waals surface area contributed by atoms with Crippen LogP contribution in [0.5, 0.6) is 0 Å². The Morgan fingerprint density at radius 3 is 2.59 bits per heavy atom. The molecule has 0 saturated carbocycles. The third kappa shape index (κ3) is 3.74. The molecule has 1 saturated heterocycles. The van der Waals surface area contributed by atoms with Gasteiger partial charge in [-0.1, -0.05) is 20.8 Å². The zero-order chi connectivity index (χ0) is 16.5. The molecule has 6 heteroatoms. The molecule has 122 valence electrons. The third-order valence-corrected chi connectivity index (χ3v) is 4.00. The average Bonchev–Trinajstić information content (AvgIpc) is 2.36. The highest BCUT2D eigenvalue weighted by atomic mass is 16.2. The largest absolute Gasteiger partial charge is 0.349 e. The molecule has 6 nitrogen and oxygen atoms in total. The van der Waals surface area contributed by atoms with Crippen LogP contribution in [0, 0.1) is 6.92 Å². The minimum atomic E-state index is -0.364. The second kappa shape index (κ2) is 6.20. The first-order valence-electron chi connectivity index (χ1n) is 7.84. The lowest BCUT2D eigenvalue weighted by molar-refractivity contribution is 0.0922. The Balaban J connectivity index is 2.21. The number of nitrogens with zero attached hydrogens (tertiary/aromatic N) is 1. The van der Waals surface area contributed by atoms with E-state index >= 15 is 0 Å². The number of hydrogen-bond donors (Lipinski definition) is 3. The minimum absolute atomic E-state index is 0.102. The Labute approximate surface area is 131 Å². The number of piperidine rings is 1. The molecular weight excluding hydrogens is 280 g/mol. The van der Waals surface area contributed by atoms with Crippen LogP contribution in [-0.2, 0) is 5.41 Å². The molecule has 2 rings (SSSR count). The van der Waals surface area contributed by atoms with Crippen LogP contribution >= 0.6 is 0 Å². The summed E-state index contributed by atoms with van der Waals surface area (Å²) in [5.74, 6) is 0.271. The van der Waals surface area contributed by atoms with Crippen molar-refractivity contribution >= 4 is 5.91 Å². The van der Waals surface area contributed by atoms with Crippen molar-refractivity contribution < 1.29 is 4.79 Å². The zero-order valence-corrected chi connectivity index (χ0v) is 14.0. The molecule has 1 aliphatic rings. The summed E-state index contributed by atoms with van der Waals surface area (Å²) in [6, 6.07) is 0.477. The number of rotatable bonds is 2. The zero-order valence-electron chi connectivity index (χ0n) is 14.0. The predicted octanol–water partition coefficient (Wildman–Crippen LogP) is 1.25. The molecule has 1 aliphatic heterocycles. The van der Waals surface area contributed by atoms with Crippen LogP contribution in [0.25, 0.3) is 0 Å². The van der Waals surface area contributed by atoms with Gasteiger partial charge in [0.05, 0.1) is 5.69 Å². The van der Waals surface area contributed by atoms with Crippen LogP contribution in [0.15, 0.2) is 4.79 Å². The standard InChI is InChI=1S/C16H26N4O2/c1-9-8-11(6-7-17-9)19-13(21)12-10(2)18-15(16(3,4)5)20-14(12)22/h9,11,17H,6-8H2,1-5H3,(H,19,21)(H,18,20,22). The van der Waals surface area contributed by atoms with Gasteiger partial charge in [0.25, 0.3) is 11.5 Å². The molecule has 0 aliphatic carbocycles. The first-order chi connectivity index (χ1) is 10.2. The van der Waals surface area contributed by atoms with E-state index in [2.05, 4.69) is 27.5 Å². The predicted molar refractivity (Wildman–Crippen MR) is 86.2 cm³/mol. The van der Waals surface area contributed by atoms with Gasteiger partial charge < -0.3 is 15.6 Å². The fourth-order valence-corrected chi connectivity index (χ4v) is 2.73. The summed E-state index contributed by atoms with van der Waals surface area (Å²) in [4.78, 5) is 31.9. The molecule has 1 fully saturated rings. The number of amides is 1. The van der Waals surface area contributed by atoms with Crippen LogP contribution in [0.3, 0.4) is 0 Å². The van der Waals surface area contributed by atoms with Crippen molar-refractivity contribution in [2.45, 2.75) is 65.0 Å². The van der Waals surface area contributed by atoms with E-state index in [1.165, 1.54) is 0 Å². The summed E-state index contributed by atoms with van der Waals surface area (Å²) in [5.41, 5.74) is -0.0205. The number of aryl methyl sites for hydroxylation is 1. The van der Waals surface area contributed by atoms with Crippen molar-refractivity contribution in [3.8, 4) is 0 Å². The Morgan fingerprint density at radius 2 is 2.05 bits per heavy atom. The number of carbonyl (C=O) groups excluding carboxylic acids is 1. The van der Waals surface area contributed by atoms with Crippen molar-refractivity contribution in [3.05, 3.63) is 27.4 Å². The monoisotopic (exact) mass is 306 g/mol. The van der Waals surface area contributed by atoms with Gasteiger partial charge in [-0.05, 0) is 33.2 Å². The highest BCUT2D eigenvalue weighted by molar-refractivity contribution is 5.95. The summed E-state index contributed by atoms with van der Waals surface area (Å²) in [7, 11) is 0. The van der Waals surface area contributed by atoms with E-state index in [-0.39, 0.29) is 28.5 Å². The van der Waals surface area contributed by atoms with Crippen molar-refractivity contribution in [3.63, 3.8) is 0 Å². The van der Waals surface area contributed by atoms with Gasteiger partial charge in [0.15, 0.2) is 0 Å². The molecule has 1 aromatic rings. The number of carbonyl (C=O) groups is 1. The van der Waals surface area contributed by atoms with Gasteiger partial charge >= 0.3 is 0 Å². The van der Waals surface area contributed by atoms with Gasteiger partial charge in [-0.2, -0.15) is 0 Å². The normalized spacial score (nSPS) is 22.4. The highest BCUT2D eigenvalue weighted by Crippen LogP contribution is 2.17. The van der Waals surface area contributed by atoms with Gasteiger partial charge in [0.2, 0.25) is 0 Å². The third-order valence-electron chi connectivity index (χ3n) is 4.00. The van der Waals surface area contributed by atoms with E-state index in [0.29, 0.717) is 17.6 Å². The SMILES string of the molecule is Cc1nc(C(C)(C)C)[nH]c(=O)c1C(=O)NC1CCNC(C)C1. The smallest absolute Gasteiger partial charge is 0.264 e. The van der Waals surface area contributed by atoms with Gasteiger partial charge in [0.1, 0.15) is 11.4 Å².